The molecule has 6 N–H and O–H groups in total. The van der Waals surface area contributed by atoms with Crippen LogP contribution in [0, 0.1) is 23.7 Å². The molecule has 1 unspecified atom stereocenters. The average molecular weight is 468 g/mol. The van der Waals surface area contributed by atoms with Gasteiger partial charge in [0, 0.05) is 23.2 Å². The number of nitrogens with one attached hydrogen (secondary N) is 1. The molecule has 0 aromatic heterocycles. The summed E-state index contributed by atoms with van der Waals surface area (Å²) in [5.74, 6) is 9.81. The number of fused-ring (bicyclic) bond motifs is 4. The number of anilines is 1. The lowest BCUT2D eigenvalue weighted by Crippen LogP contribution is -2.54. The van der Waals surface area contributed by atoms with E-state index in [9.17, 15) is 24.9 Å². The van der Waals surface area contributed by atoms with E-state index in [0.717, 1.165) is 0 Å². The minimum atomic E-state index is -1.58. The highest BCUT2D eigenvalue weighted by Gasteiger charge is 2.82. The predicted octanol–water partition coefficient (Wildman–Crippen LogP) is 0.703. The van der Waals surface area contributed by atoms with Crippen molar-refractivity contribution in [3.05, 3.63) is 69.8 Å². The minimum Gasteiger partial charge on any atom is -0.507 e. The number of phenols is 1. The summed E-state index contributed by atoms with van der Waals surface area (Å²) >= 11 is 0. The molecule has 2 aromatic carbocycles. The molecule has 8 nitrogen and oxygen atoms in total. The van der Waals surface area contributed by atoms with E-state index in [-0.39, 0.29) is 40.0 Å². The van der Waals surface area contributed by atoms with Gasteiger partial charge in [-0.05, 0) is 42.8 Å². The first-order chi connectivity index (χ1) is 16.8. The zero-order valence-corrected chi connectivity index (χ0v) is 18.5. The summed E-state index contributed by atoms with van der Waals surface area (Å²) in [5, 5.41) is 36.1. The molecule has 2 heterocycles. The number of aliphatic hydroxyl groups is 2. The Kier molecular flexibility index (Phi) is 4.35. The molecule has 174 valence electrons. The van der Waals surface area contributed by atoms with Gasteiger partial charge in [0.15, 0.2) is 28.9 Å². The fraction of sp³-hybridized carbons (Fsp3) is 0.259. The third kappa shape index (κ3) is 2.52. The van der Waals surface area contributed by atoms with E-state index in [2.05, 4.69) is 29.0 Å². The number of ether oxygens (including phenoxy) is 1. The first-order valence-corrected chi connectivity index (χ1v) is 11.1. The molecule has 35 heavy (non-hydrogen) atoms. The Morgan fingerprint density at radius 1 is 1.11 bits per heavy atom. The van der Waals surface area contributed by atoms with Crippen LogP contribution in [0.4, 0.5) is 5.69 Å². The average Bonchev–Trinajstić information content (AvgIpc) is 3.57. The second-order valence-corrected chi connectivity index (χ2v) is 9.01. The molecule has 2 aromatic rings. The Balaban J connectivity index is 1.66. The molecule has 2 aliphatic carbocycles. The van der Waals surface area contributed by atoms with Crippen molar-refractivity contribution in [2.24, 2.45) is 5.73 Å². The monoisotopic (exact) mass is 468 g/mol. The molecule has 0 spiro atoms. The predicted molar refractivity (Wildman–Crippen MR) is 125 cm³/mol. The molecule has 2 bridgehead atoms. The van der Waals surface area contributed by atoms with Gasteiger partial charge in [-0.1, -0.05) is 29.7 Å². The first-order valence-electron chi connectivity index (χ1n) is 11.1. The molecule has 8 heteroatoms. The van der Waals surface area contributed by atoms with E-state index in [1.54, 1.807) is 18.2 Å². The standard InChI is InChI=1S/C27H20N2O6/c1-13(30)26-19-6-4-2-3-5-7-20(32)27(26,35-26)17-11-18(31)21-22(23(17)29-19)24(33)15-9-8-14(12-28)10-16(15)25(21)34/h2-3,8-11,13,19-20,29-32H,12,28H2,1H3/b3-2-/t13?,19-,20+,26-,27-/m0/s1. The number of ketones is 2. The van der Waals surface area contributed by atoms with Crippen molar-refractivity contribution in [3.8, 4) is 29.4 Å². The van der Waals surface area contributed by atoms with Crippen LogP contribution in [-0.2, 0) is 16.9 Å². The number of carbonyl (C=O) groups excluding carboxylic acids is 2. The van der Waals surface area contributed by atoms with Crippen molar-refractivity contribution < 1.29 is 29.6 Å². The van der Waals surface area contributed by atoms with Gasteiger partial charge in [0.05, 0.1) is 22.9 Å². The van der Waals surface area contributed by atoms with Crippen molar-refractivity contribution in [1.29, 1.82) is 0 Å². The maximum absolute atomic E-state index is 13.7. The van der Waals surface area contributed by atoms with E-state index < -0.39 is 46.8 Å². The number of allylic oxidation sites excluding steroid dienone is 2. The molecule has 1 fully saturated rings. The minimum absolute atomic E-state index is 0.0355. The zero-order valence-electron chi connectivity index (χ0n) is 18.5. The van der Waals surface area contributed by atoms with Gasteiger partial charge in [-0.25, -0.2) is 0 Å². The van der Waals surface area contributed by atoms with Crippen LogP contribution < -0.4 is 11.1 Å². The molecular formula is C27H20N2O6. The lowest BCUT2D eigenvalue weighted by atomic mass is 9.69. The fourth-order valence-corrected chi connectivity index (χ4v) is 5.61. The van der Waals surface area contributed by atoms with Crippen molar-refractivity contribution in [2.45, 2.75) is 42.9 Å². The number of carbonyl (C=O) groups is 2. The number of aliphatic hydroxyl groups excluding tert-OH is 2. The van der Waals surface area contributed by atoms with Crippen LogP contribution in [0.15, 0.2) is 36.4 Å². The van der Waals surface area contributed by atoms with Crippen molar-refractivity contribution >= 4 is 17.3 Å². The van der Waals surface area contributed by atoms with Crippen LogP contribution in [-0.4, -0.2) is 50.7 Å². The molecule has 5 atom stereocenters. The summed E-state index contributed by atoms with van der Waals surface area (Å²) in [5.41, 5.74) is 3.99. The molecular weight excluding hydrogens is 448 g/mol. The van der Waals surface area contributed by atoms with Crippen LogP contribution in [0.5, 0.6) is 5.75 Å². The highest BCUT2D eigenvalue weighted by molar-refractivity contribution is 6.31. The lowest BCUT2D eigenvalue weighted by molar-refractivity contribution is 0.0867. The smallest absolute Gasteiger partial charge is 0.198 e. The second kappa shape index (κ2) is 7.05. The Labute approximate surface area is 200 Å². The maximum Gasteiger partial charge on any atom is 0.198 e. The number of hydrogen-bond donors (Lipinski definition) is 5. The summed E-state index contributed by atoms with van der Waals surface area (Å²) in [4.78, 5) is 27.2. The Bertz CT molecular complexity index is 1520. The van der Waals surface area contributed by atoms with Gasteiger partial charge in [-0.3, -0.25) is 9.59 Å². The van der Waals surface area contributed by atoms with Gasteiger partial charge >= 0.3 is 0 Å². The summed E-state index contributed by atoms with van der Waals surface area (Å²) < 4.78 is 6.14. The first kappa shape index (κ1) is 21.6. The summed E-state index contributed by atoms with van der Waals surface area (Å²) in [6, 6.07) is 5.22. The normalized spacial score (nSPS) is 30.5. The van der Waals surface area contributed by atoms with Crippen LogP contribution >= 0.6 is 0 Å². The van der Waals surface area contributed by atoms with Crippen LogP contribution in [0.2, 0.25) is 0 Å². The van der Waals surface area contributed by atoms with E-state index in [0.29, 0.717) is 5.56 Å². The van der Waals surface area contributed by atoms with E-state index in [1.807, 2.05) is 0 Å². The van der Waals surface area contributed by atoms with Crippen molar-refractivity contribution in [3.63, 3.8) is 0 Å². The molecule has 0 saturated carbocycles. The quantitative estimate of drug-likeness (QED) is 0.210. The molecule has 1 saturated heterocycles. The highest BCUT2D eigenvalue weighted by atomic mass is 16.7. The van der Waals surface area contributed by atoms with Crippen molar-refractivity contribution in [1.82, 2.24) is 0 Å². The third-order valence-electron chi connectivity index (χ3n) is 7.26. The van der Waals surface area contributed by atoms with Crippen molar-refractivity contribution in [2.75, 3.05) is 5.32 Å². The molecule has 2 aliphatic heterocycles. The SMILES string of the molecule is CC(O)[C@@]12O[C@]13c1cc(O)c4c(c1N[C@H]2C#C/C=C\C#C[C@H]3O)C(=O)c1ccc(CN)cc1C4=O. The topological polar surface area (TPSA) is 145 Å². The molecule has 0 radical (unpaired) electrons. The second-order valence-electron chi connectivity index (χ2n) is 9.01. The summed E-state index contributed by atoms with van der Waals surface area (Å²) in [7, 11) is 0. The van der Waals surface area contributed by atoms with Crippen LogP contribution in [0.25, 0.3) is 0 Å². The Morgan fingerprint density at radius 3 is 2.54 bits per heavy atom. The van der Waals surface area contributed by atoms with E-state index in [1.165, 1.54) is 25.1 Å². The summed E-state index contributed by atoms with van der Waals surface area (Å²) in [6.45, 7) is 1.71. The number of rotatable bonds is 2. The Morgan fingerprint density at radius 2 is 1.83 bits per heavy atom. The zero-order chi connectivity index (χ0) is 24.7. The van der Waals surface area contributed by atoms with Gasteiger partial charge in [0.25, 0.3) is 0 Å². The molecule has 6 rings (SSSR count). The number of nitrogens with two attached hydrogens (primary N) is 1. The fourth-order valence-electron chi connectivity index (χ4n) is 5.61. The maximum atomic E-state index is 13.7. The molecule has 0 amide bonds. The third-order valence-corrected chi connectivity index (χ3v) is 7.26. The number of hydrogen-bond acceptors (Lipinski definition) is 8. The number of epoxide rings is 1. The highest BCUT2D eigenvalue weighted by Crippen LogP contribution is 2.67. The van der Waals surface area contributed by atoms with Crippen LogP contribution in [0.3, 0.4) is 0 Å². The lowest BCUT2D eigenvalue weighted by Gasteiger charge is -2.37. The van der Waals surface area contributed by atoms with Crippen LogP contribution in [0.1, 0.15) is 49.9 Å². The van der Waals surface area contributed by atoms with Gasteiger partial charge in [-0.2, -0.15) is 0 Å². The van der Waals surface area contributed by atoms with Gasteiger partial charge in [0.1, 0.15) is 11.8 Å². The van der Waals surface area contributed by atoms with Gasteiger partial charge in [0.2, 0.25) is 0 Å². The number of aromatic hydroxyl groups is 1. The largest absolute Gasteiger partial charge is 0.507 e. The van der Waals surface area contributed by atoms with Gasteiger partial charge in [-0.15, -0.1) is 0 Å². The molecule has 4 aliphatic rings. The van der Waals surface area contributed by atoms with Gasteiger partial charge < -0.3 is 31.1 Å². The van der Waals surface area contributed by atoms with E-state index in [4.69, 9.17) is 10.5 Å². The Hall–Kier alpha value is -3.92. The summed E-state index contributed by atoms with van der Waals surface area (Å²) in [6.07, 6.45) is 0.471. The number of phenolic OH excluding ortho intramolecular Hbond substituents is 1. The number of benzene rings is 2. The van der Waals surface area contributed by atoms with E-state index >= 15 is 0 Å².